The van der Waals surface area contributed by atoms with Crippen LogP contribution in [0.25, 0.3) is 0 Å². The van der Waals surface area contributed by atoms with Gasteiger partial charge in [0.25, 0.3) is 0 Å². The minimum atomic E-state index is -0.661. The first kappa shape index (κ1) is 30.4. The Morgan fingerprint density at radius 3 is 1.32 bits per heavy atom. The molecule has 2 atom stereocenters. The molecule has 9 heteroatoms. The zero-order valence-corrected chi connectivity index (χ0v) is 21.6. The minimum absolute atomic E-state index is 0. The first-order valence-electron chi connectivity index (χ1n) is 12.4. The van der Waals surface area contributed by atoms with Crippen LogP contribution in [-0.4, -0.2) is 58.8 Å². The molecule has 4 rings (SSSR count). The molecule has 0 saturated carbocycles. The zero-order valence-electron chi connectivity index (χ0n) is 20.5. The number of fused-ring (bicyclic) bond motifs is 2. The Kier molecular flexibility index (Phi) is 12.7. The van der Waals surface area contributed by atoms with Gasteiger partial charge in [-0.1, -0.05) is 37.1 Å². The third kappa shape index (κ3) is 8.07. The van der Waals surface area contributed by atoms with Crippen LogP contribution < -0.4 is 9.47 Å². The van der Waals surface area contributed by atoms with Gasteiger partial charge in [-0.2, -0.15) is 0 Å². The van der Waals surface area contributed by atoms with Gasteiger partial charge in [0.2, 0.25) is 23.1 Å². The fraction of sp³-hybridized carbons (Fsp3) is 0.429. The minimum Gasteiger partial charge on any atom is -0.481 e. The van der Waals surface area contributed by atoms with Gasteiger partial charge in [0.1, 0.15) is 11.5 Å². The number of aliphatic hydroxyl groups excluding tert-OH is 2. The van der Waals surface area contributed by atoms with Gasteiger partial charge in [0, 0.05) is 13.2 Å². The van der Waals surface area contributed by atoms with E-state index < -0.39 is 35.3 Å². The van der Waals surface area contributed by atoms with E-state index in [0.717, 1.165) is 25.7 Å². The van der Waals surface area contributed by atoms with Crippen molar-refractivity contribution in [3.63, 3.8) is 0 Å². The number of para-hydroxylation sites is 2. The van der Waals surface area contributed by atoms with E-state index in [2.05, 4.69) is 0 Å². The summed E-state index contributed by atoms with van der Waals surface area (Å²) in [5, 5.41) is 17.4. The molecule has 2 aliphatic heterocycles. The maximum Gasteiger partial charge on any atom is 3.00 e. The summed E-state index contributed by atoms with van der Waals surface area (Å²) >= 11 is 0. The molecule has 2 aromatic carbocycles. The fourth-order valence-corrected chi connectivity index (χ4v) is 4.10. The van der Waals surface area contributed by atoms with Crippen LogP contribution in [0.2, 0.25) is 0 Å². The first-order chi connectivity index (χ1) is 17.5. The molecule has 2 unspecified atom stereocenters. The topological polar surface area (TPSA) is 127 Å². The van der Waals surface area contributed by atoms with Crippen LogP contribution in [0.3, 0.4) is 0 Å². The van der Waals surface area contributed by atoms with Crippen molar-refractivity contribution in [1.29, 1.82) is 0 Å². The van der Waals surface area contributed by atoms with Crippen molar-refractivity contribution in [3.8, 4) is 11.5 Å². The van der Waals surface area contributed by atoms with Crippen LogP contribution in [0.5, 0.6) is 11.5 Å². The van der Waals surface area contributed by atoms with Crippen molar-refractivity contribution in [2.45, 2.75) is 63.6 Å². The summed E-state index contributed by atoms with van der Waals surface area (Å²) in [5.74, 6) is -0.841. The monoisotopic (exact) mass is 552 g/mol. The van der Waals surface area contributed by atoms with E-state index in [1.165, 1.54) is 0 Å². The van der Waals surface area contributed by atoms with Gasteiger partial charge in [-0.3, -0.25) is 19.2 Å². The molecule has 0 spiro atoms. The Hall–Kier alpha value is -2.84. The second kappa shape index (κ2) is 15.4. The zero-order chi connectivity index (χ0) is 25.9. The van der Waals surface area contributed by atoms with E-state index in [4.69, 9.17) is 19.7 Å². The number of hydrogen-bond acceptors (Lipinski definition) is 8. The SMILES string of the molecule is O=C1C(=O)C(CCCCCO)Oc2ccccc21.O=C1C(=O)C(CCCCCO)Oc2ccccc21.[Fe+3]. The first-order valence-corrected chi connectivity index (χ1v) is 12.4. The number of unbranched alkanes of at least 4 members (excludes halogenated alkanes) is 4. The predicted molar refractivity (Wildman–Crippen MR) is 131 cm³/mol. The smallest absolute Gasteiger partial charge is 0.481 e. The van der Waals surface area contributed by atoms with Crippen LogP contribution in [0, 0.1) is 0 Å². The third-order valence-corrected chi connectivity index (χ3v) is 6.08. The van der Waals surface area contributed by atoms with E-state index in [9.17, 15) is 19.2 Å². The largest absolute Gasteiger partial charge is 3.00 e. The standard InChI is InChI=1S/2C14H16O4.Fe/c2*15-9-5-1-2-8-12-14(17)13(16)10-6-3-4-7-11(10)18-12;/h2*3-4,6-7,12,15H,1-2,5,8-9H2;/q;;+3. The molecule has 8 nitrogen and oxygen atoms in total. The molecule has 2 N–H and O–H groups in total. The van der Waals surface area contributed by atoms with Crippen LogP contribution >= 0.6 is 0 Å². The normalized spacial score (nSPS) is 17.9. The number of carbonyl (C=O) groups is 4. The molecule has 0 amide bonds. The molecule has 37 heavy (non-hydrogen) atoms. The summed E-state index contributed by atoms with van der Waals surface area (Å²) in [6, 6.07) is 13.6. The molecule has 2 heterocycles. The van der Waals surface area contributed by atoms with E-state index in [0.29, 0.717) is 48.3 Å². The molecule has 1 radical (unpaired) electrons. The summed E-state index contributed by atoms with van der Waals surface area (Å²) in [7, 11) is 0. The number of benzene rings is 2. The van der Waals surface area contributed by atoms with E-state index >= 15 is 0 Å². The number of ketones is 4. The quantitative estimate of drug-likeness (QED) is 0.261. The number of ether oxygens (including phenoxy) is 2. The summed E-state index contributed by atoms with van der Waals surface area (Å²) < 4.78 is 11.1. The predicted octanol–water partition coefficient (Wildman–Crippen LogP) is 3.50. The molecule has 0 bridgehead atoms. The molecule has 0 aromatic heterocycles. The van der Waals surface area contributed by atoms with Crippen molar-refractivity contribution in [2.24, 2.45) is 0 Å². The molecule has 0 aliphatic carbocycles. The molecular formula is C28H32FeO8+3. The van der Waals surface area contributed by atoms with Crippen molar-refractivity contribution in [2.75, 3.05) is 13.2 Å². The second-order valence-corrected chi connectivity index (χ2v) is 8.74. The second-order valence-electron chi connectivity index (χ2n) is 8.74. The van der Waals surface area contributed by atoms with Crippen molar-refractivity contribution in [3.05, 3.63) is 59.7 Å². The van der Waals surface area contributed by atoms with Crippen molar-refractivity contribution >= 4 is 23.1 Å². The Labute approximate surface area is 226 Å². The van der Waals surface area contributed by atoms with E-state index in [-0.39, 0.29) is 30.3 Å². The van der Waals surface area contributed by atoms with Gasteiger partial charge < -0.3 is 19.7 Å². The van der Waals surface area contributed by atoms with Gasteiger partial charge >= 0.3 is 17.1 Å². The number of aliphatic hydroxyl groups is 2. The number of carbonyl (C=O) groups excluding carboxylic acids is 4. The molecular weight excluding hydrogens is 520 g/mol. The number of Topliss-reactive ketones (excluding diaryl/α,β-unsaturated/α-hetero) is 4. The maximum atomic E-state index is 11.8. The average molecular weight is 552 g/mol. The van der Waals surface area contributed by atoms with Gasteiger partial charge in [0.15, 0.2) is 12.2 Å². The van der Waals surface area contributed by atoms with Crippen molar-refractivity contribution < 1.29 is 55.9 Å². The molecule has 0 fully saturated rings. The molecule has 2 aliphatic rings. The van der Waals surface area contributed by atoms with Crippen LogP contribution in [0.4, 0.5) is 0 Å². The fourth-order valence-electron chi connectivity index (χ4n) is 4.10. The Bertz CT molecular complexity index is 998. The Balaban J connectivity index is 0.000000253. The maximum absolute atomic E-state index is 11.8. The molecule has 0 saturated heterocycles. The Morgan fingerprint density at radius 2 is 0.946 bits per heavy atom. The van der Waals surface area contributed by atoms with E-state index in [1.54, 1.807) is 48.5 Å². The van der Waals surface area contributed by atoms with E-state index in [1.807, 2.05) is 0 Å². The van der Waals surface area contributed by atoms with Gasteiger partial charge in [-0.25, -0.2) is 0 Å². The molecule has 2 aromatic rings. The number of hydrogen-bond donors (Lipinski definition) is 2. The van der Waals surface area contributed by atoms with Crippen LogP contribution in [-0.2, 0) is 26.7 Å². The summed E-state index contributed by atoms with van der Waals surface area (Å²) in [4.78, 5) is 47.3. The van der Waals surface area contributed by atoms with Crippen LogP contribution in [0.15, 0.2) is 48.5 Å². The van der Waals surface area contributed by atoms with Gasteiger partial charge in [-0.05, 0) is 62.8 Å². The summed E-state index contributed by atoms with van der Waals surface area (Å²) in [6.07, 6.45) is 4.36. The molecule has 197 valence electrons. The average Bonchev–Trinajstić information content (AvgIpc) is 2.90. The van der Waals surface area contributed by atoms with Gasteiger partial charge in [0.05, 0.1) is 11.1 Å². The van der Waals surface area contributed by atoms with Gasteiger partial charge in [-0.15, -0.1) is 0 Å². The number of rotatable bonds is 10. The summed E-state index contributed by atoms with van der Waals surface area (Å²) in [6.45, 7) is 0.308. The Morgan fingerprint density at radius 1 is 0.568 bits per heavy atom. The van der Waals surface area contributed by atoms with Crippen molar-refractivity contribution in [1.82, 2.24) is 0 Å². The summed E-state index contributed by atoms with van der Waals surface area (Å²) in [5.41, 5.74) is 0.711. The third-order valence-electron chi connectivity index (χ3n) is 6.08. The van der Waals surface area contributed by atoms with Crippen LogP contribution in [0.1, 0.15) is 72.1 Å².